The van der Waals surface area contributed by atoms with Gasteiger partial charge in [-0.05, 0) is 12.8 Å². The standard InChI is InChI=1S/C12H20N6/c1-9(2)7-14-12-13-5-6-18(12)10(3)11-16-15-8-17(11)4/h5-6,8-10H,7H2,1-4H3,(H,13,14). The first-order valence-electron chi connectivity index (χ1n) is 6.20. The Morgan fingerprint density at radius 1 is 1.33 bits per heavy atom. The number of hydrogen-bond donors (Lipinski definition) is 1. The molecule has 6 heteroatoms. The van der Waals surface area contributed by atoms with Gasteiger partial charge >= 0.3 is 0 Å². The lowest BCUT2D eigenvalue weighted by atomic mass is 10.2. The van der Waals surface area contributed by atoms with Gasteiger partial charge in [-0.1, -0.05) is 13.8 Å². The van der Waals surface area contributed by atoms with Gasteiger partial charge in [0.1, 0.15) is 6.33 Å². The van der Waals surface area contributed by atoms with Gasteiger partial charge in [-0.15, -0.1) is 10.2 Å². The second-order valence-corrected chi connectivity index (χ2v) is 4.91. The van der Waals surface area contributed by atoms with E-state index in [1.165, 1.54) is 0 Å². The summed E-state index contributed by atoms with van der Waals surface area (Å²) in [5, 5.41) is 11.4. The van der Waals surface area contributed by atoms with Gasteiger partial charge in [0.25, 0.3) is 0 Å². The number of anilines is 1. The molecule has 98 valence electrons. The maximum atomic E-state index is 4.34. The van der Waals surface area contributed by atoms with Gasteiger partial charge in [-0.3, -0.25) is 0 Å². The van der Waals surface area contributed by atoms with Gasteiger partial charge in [0.05, 0.1) is 6.04 Å². The second-order valence-electron chi connectivity index (χ2n) is 4.91. The van der Waals surface area contributed by atoms with E-state index >= 15 is 0 Å². The normalized spacial score (nSPS) is 12.9. The van der Waals surface area contributed by atoms with Crippen LogP contribution in [0.3, 0.4) is 0 Å². The first-order valence-corrected chi connectivity index (χ1v) is 6.20. The Bertz CT molecular complexity index is 498. The molecule has 2 aromatic heterocycles. The van der Waals surface area contributed by atoms with Crippen molar-refractivity contribution in [1.29, 1.82) is 0 Å². The highest BCUT2D eigenvalue weighted by molar-refractivity contribution is 5.27. The molecule has 2 heterocycles. The van der Waals surface area contributed by atoms with Gasteiger partial charge < -0.3 is 14.5 Å². The van der Waals surface area contributed by atoms with Crippen LogP contribution in [0.4, 0.5) is 5.95 Å². The van der Waals surface area contributed by atoms with E-state index in [1.54, 1.807) is 12.5 Å². The topological polar surface area (TPSA) is 60.6 Å². The third-order valence-corrected chi connectivity index (χ3v) is 2.87. The molecule has 1 atom stereocenters. The molecule has 2 aromatic rings. The largest absolute Gasteiger partial charge is 0.355 e. The second kappa shape index (κ2) is 5.20. The molecule has 0 saturated carbocycles. The fraction of sp³-hybridized carbons (Fsp3) is 0.583. The molecule has 0 fully saturated rings. The lowest BCUT2D eigenvalue weighted by molar-refractivity contribution is 0.573. The zero-order chi connectivity index (χ0) is 13.1. The summed E-state index contributed by atoms with van der Waals surface area (Å²) in [7, 11) is 1.95. The Kier molecular flexibility index (Phi) is 3.64. The highest BCUT2D eigenvalue weighted by Crippen LogP contribution is 2.19. The molecule has 0 amide bonds. The quantitative estimate of drug-likeness (QED) is 0.874. The smallest absolute Gasteiger partial charge is 0.203 e. The third kappa shape index (κ3) is 2.52. The number of rotatable bonds is 5. The predicted octanol–water partition coefficient (Wildman–Crippen LogP) is 1.69. The SMILES string of the molecule is CC(C)CNc1nccn1C(C)c1nncn1C. The van der Waals surface area contributed by atoms with Crippen LogP contribution in [0.2, 0.25) is 0 Å². The highest BCUT2D eigenvalue weighted by atomic mass is 15.3. The van der Waals surface area contributed by atoms with Gasteiger partial charge in [0.2, 0.25) is 5.95 Å². The molecule has 6 nitrogen and oxygen atoms in total. The van der Waals surface area contributed by atoms with Crippen molar-refractivity contribution < 1.29 is 0 Å². The molecular formula is C12H20N6. The Labute approximate surface area is 107 Å². The van der Waals surface area contributed by atoms with E-state index in [0.717, 1.165) is 18.3 Å². The van der Waals surface area contributed by atoms with Crippen LogP contribution in [0.25, 0.3) is 0 Å². The molecular weight excluding hydrogens is 228 g/mol. The van der Waals surface area contributed by atoms with Crippen molar-refractivity contribution in [2.75, 3.05) is 11.9 Å². The first-order chi connectivity index (χ1) is 8.59. The lowest BCUT2D eigenvalue weighted by Crippen LogP contribution is -2.17. The minimum Gasteiger partial charge on any atom is -0.355 e. The summed E-state index contributed by atoms with van der Waals surface area (Å²) in [5.41, 5.74) is 0. The van der Waals surface area contributed by atoms with Crippen molar-refractivity contribution in [1.82, 2.24) is 24.3 Å². The van der Waals surface area contributed by atoms with Crippen LogP contribution < -0.4 is 5.32 Å². The molecule has 0 spiro atoms. The van der Waals surface area contributed by atoms with Gasteiger partial charge in [-0.25, -0.2) is 4.98 Å². The van der Waals surface area contributed by atoms with Crippen molar-refractivity contribution >= 4 is 5.95 Å². The molecule has 0 aromatic carbocycles. The summed E-state index contributed by atoms with van der Waals surface area (Å²) in [4.78, 5) is 4.34. The maximum absolute atomic E-state index is 4.34. The molecule has 2 rings (SSSR count). The number of imidazole rings is 1. The summed E-state index contributed by atoms with van der Waals surface area (Å²) in [5.74, 6) is 2.38. The van der Waals surface area contributed by atoms with Crippen molar-refractivity contribution in [3.63, 3.8) is 0 Å². The van der Waals surface area contributed by atoms with E-state index in [9.17, 15) is 0 Å². The number of nitrogens with zero attached hydrogens (tertiary/aromatic N) is 5. The van der Waals surface area contributed by atoms with Crippen molar-refractivity contribution in [2.24, 2.45) is 13.0 Å². The summed E-state index contributed by atoms with van der Waals surface area (Å²) in [6, 6.07) is 0.106. The fourth-order valence-electron chi connectivity index (χ4n) is 1.85. The van der Waals surface area contributed by atoms with Crippen molar-refractivity contribution in [2.45, 2.75) is 26.8 Å². The Balaban J connectivity index is 2.18. The van der Waals surface area contributed by atoms with E-state index < -0.39 is 0 Å². The Hall–Kier alpha value is -1.85. The van der Waals surface area contributed by atoms with Crippen LogP contribution >= 0.6 is 0 Å². The minimum atomic E-state index is 0.106. The lowest BCUT2D eigenvalue weighted by Gasteiger charge is -2.16. The molecule has 0 aliphatic rings. The average Bonchev–Trinajstić information content (AvgIpc) is 2.93. The average molecular weight is 248 g/mol. The zero-order valence-electron chi connectivity index (χ0n) is 11.3. The van der Waals surface area contributed by atoms with Crippen LogP contribution in [-0.4, -0.2) is 30.9 Å². The van der Waals surface area contributed by atoms with Gasteiger partial charge in [0.15, 0.2) is 5.82 Å². The van der Waals surface area contributed by atoms with E-state index in [1.807, 2.05) is 17.8 Å². The monoisotopic (exact) mass is 248 g/mol. The van der Waals surface area contributed by atoms with Crippen LogP contribution in [0.5, 0.6) is 0 Å². The zero-order valence-corrected chi connectivity index (χ0v) is 11.3. The molecule has 0 bridgehead atoms. The van der Waals surface area contributed by atoms with Crippen LogP contribution in [-0.2, 0) is 7.05 Å². The van der Waals surface area contributed by atoms with E-state index in [2.05, 4.69) is 45.8 Å². The van der Waals surface area contributed by atoms with E-state index in [-0.39, 0.29) is 6.04 Å². The van der Waals surface area contributed by atoms with Crippen LogP contribution in [0, 0.1) is 5.92 Å². The van der Waals surface area contributed by atoms with Crippen molar-refractivity contribution in [3.8, 4) is 0 Å². The Morgan fingerprint density at radius 3 is 2.72 bits per heavy atom. The molecule has 0 aliphatic carbocycles. The predicted molar refractivity (Wildman–Crippen MR) is 70.4 cm³/mol. The molecule has 0 radical (unpaired) electrons. The number of hydrogen-bond acceptors (Lipinski definition) is 4. The summed E-state index contributed by atoms with van der Waals surface area (Å²) >= 11 is 0. The Morgan fingerprint density at radius 2 is 2.11 bits per heavy atom. The molecule has 0 saturated heterocycles. The number of nitrogens with one attached hydrogen (secondary N) is 1. The van der Waals surface area contributed by atoms with Crippen LogP contribution in [0.1, 0.15) is 32.6 Å². The van der Waals surface area contributed by atoms with E-state index in [0.29, 0.717) is 5.92 Å². The van der Waals surface area contributed by atoms with E-state index in [4.69, 9.17) is 0 Å². The summed E-state index contributed by atoms with van der Waals surface area (Å²) < 4.78 is 4.00. The highest BCUT2D eigenvalue weighted by Gasteiger charge is 2.16. The summed E-state index contributed by atoms with van der Waals surface area (Å²) in [6.45, 7) is 7.34. The summed E-state index contributed by atoms with van der Waals surface area (Å²) in [6.07, 6.45) is 5.47. The third-order valence-electron chi connectivity index (χ3n) is 2.87. The number of aryl methyl sites for hydroxylation is 1. The van der Waals surface area contributed by atoms with Gasteiger partial charge in [0, 0.05) is 26.0 Å². The molecule has 1 N–H and O–H groups in total. The van der Waals surface area contributed by atoms with Crippen LogP contribution in [0.15, 0.2) is 18.7 Å². The van der Waals surface area contributed by atoms with Gasteiger partial charge in [-0.2, -0.15) is 0 Å². The fourth-order valence-corrected chi connectivity index (χ4v) is 1.85. The molecule has 1 unspecified atom stereocenters. The maximum Gasteiger partial charge on any atom is 0.203 e. The minimum absolute atomic E-state index is 0.106. The number of aromatic nitrogens is 5. The molecule has 18 heavy (non-hydrogen) atoms. The van der Waals surface area contributed by atoms with Crippen molar-refractivity contribution in [3.05, 3.63) is 24.5 Å². The molecule has 0 aliphatic heterocycles. The first kappa shape index (κ1) is 12.6.